The van der Waals surface area contributed by atoms with Crippen molar-refractivity contribution in [2.24, 2.45) is 0 Å². The van der Waals surface area contributed by atoms with Crippen LogP contribution in [0.3, 0.4) is 0 Å². The number of rotatable bonds is 0. The first kappa shape index (κ1) is 17.1. The summed E-state index contributed by atoms with van der Waals surface area (Å²) in [5.41, 5.74) is 2.21. The normalized spacial score (nSPS) is 23.0. The van der Waals surface area contributed by atoms with E-state index in [0.29, 0.717) is 30.0 Å². The Morgan fingerprint density at radius 2 is 2.32 bits per heavy atom. The zero-order valence-electron chi connectivity index (χ0n) is 15.0. The van der Waals surface area contributed by atoms with Gasteiger partial charge in [0.1, 0.15) is 28.8 Å². The number of hydrogen-bond acceptors (Lipinski definition) is 5. The molecule has 2 aliphatic heterocycles. The van der Waals surface area contributed by atoms with Crippen LogP contribution in [0.25, 0.3) is 5.65 Å². The molecule has 2 aliphatic rings. The van der Waals surface area contributed by atoms with Gasteiger partial charge in [-0.15, -0.1) is 6.42 Å². The standard InChI is InChI=1S/C20H16BrN5O2/c1-3-15-13-7-12(21)6-11-8-20(2,28-17(11)13)10-22-19(27)14-9-23-26-5-4-16(24-15)25-18(14)26/h1,4-7,9,15H,8,10H2,2H3,(H,22,27)(H,24,25)/t15-,20?/m1/s1. The van der Waals surface area contributed by atoms with Crippen molar-refractivity contribution in [3.63, 3.8) is 0 Å². The molecule has 0 fully saturated rings. The average molecular weight is 438 g/mol. The molecule has 7 nitrogen and oxygen atoms in total. The molecule has 0 saturated heterocycles. The third-order valence-electron chi connectivity index (χ3n) is 5.08. The van der Waals surface area contributed by atoms with Gasteiger partial charge in [-0.25, -0.2) is 9.50 Å². The van der Waals surface area contributed by atoms with Crippen molar-refractivity contribution in [1.29, 1.82) is 0 Å². The van der Waals surface area contributed by atoms with Gasteiger partial charge >= 0.3 is 0 Å². The molecule has 2 N–H and O–H groups in total. The number of nitrogens with zero attached hydrogens (tertiary/aromatic N) is 3. The van der Waals surface area contributed by atoms with Gasteiger partial charge in [-0.1, -0.05) is 21.9 Å². The third-order valence-corrected chi connectivity index (χ3v) is 5.54. The molecule has 0 spiro atoms. The molecular weight excluding hydrogens is 422 g/mol. The van der Waals surface area contributed by atoms with E-state index in [0.717, 1.165) is 21.3 Å². The monoisotopic (exact) mass is 437 g/mol. The molecule has 0 saturated carbocycles. The van der Waals surface area contributed by atoms with Crippen LogP contribution in [0.4, 0.5) is 5.82 Å². The number of fused-ring (bicyclic) bond motifs is 2. The highest BCUT2D eigenvalue weighted by Gasteiger charge is 2.38. The van der Waals surface area contributed by atoms with Crippen molar-refractivity contribution in [3.8, 4) is 18.1 Å². The van der Waals surface area contributed by atoms with E-state index in [4.69, 9.17) is 11.2 Å². The number of halogens is 1. The number of carbonyl (C=O) groups excluding carboxylic acids is 1. The van der Waals surface area contributed by atoms with Crippen LogP contribution in [0.1, 0.15) is 34.5 Å². The topological polar surface area (TPSA) is 80.5 Å². The fourth-order valence-corrected chi connectivity index (χ4v) is 4.28. The first-order chi connectivity index (χ1) is 13.5. The Morgan fingerprint density at radius 1 is 1.46 bits per heavy atom. The number of terminal acetylenes is 1. The highest BCUT2D eigenvalue weighted by molar-refractivity contribution is 9.10. The molecule has 1 unspecified atom stereocenters. The zero-order chi connectivity index (χ0) is 19.5. The minimum absolute atomic E-state index is 0.241. The third kappa shape index (κ3) is 2.62. The van der Waals surface area contributed by atoms with Crippen LogP contribution in [-0.4, -0.2) is 32.7 Å². The maximum atomic E-state index is 12.8. The molecule has 0 aliphatic carbocycles. The summed E-state index contributed by atoms with van der Waals surface area (Å²) in [5, 5.41) is 10.5. The summed E-state index contributed by atoms with van der Waals surface area (Å²) in [5.74, 6) is 3.87. The Balaban J connectivity index is 1.71. The number of amides is 1. The van der Waals surface area contributed by atoms with Crippen molar-refractivity contribution >= 4 is 33.3 Å². The minimum Gasteiger partial charge on any atom is -0.485 e. The van der Waals surface area contributed by atoms with Crippen LogP contribution in [0, 0.1) is 12.3 Å². The van der Waals surface area contributed by atoms with Gasteiger partial charge < -0.3 is 15.4 Å². The summed E-state index contributed by atoms with van der Waals surface area (Å²) in [7, 11) is 0. The molecule has 8 heteroatoms. The summed E-state index contributed by atoms with van der Waals surface area (Å²) >= 11 is 3.57. The molecule has 1 amide bonds. The molecule has 28 heavy (non-hydrogen) atoms. The SMILES string of the molecule is C#C[C@H]1Nc2ccn3ncc(c3n2)C(=O)NCC2(C)Cc3cc(Br)cc1c3O2. The van der Waals surface area contributed by atoms with Gasteiger partial charge in [0, 0.05) is 22.7 Å². The fourth-order valence-electron chi connectivity index (χ4n) is 3.76. The van der Waals surface area contributed by atoms with Gasteiger partial charge in [0.05, 0.1) is 12.7 Å². The van der Waals surface area contributed by atoms with E-state index in [1.54, 1.807) is 16.8 Å². The quantitative estimate of drug-likeness (QED) is 0.528. The lowest BCUT2D eigenvalue weighted by atomic mass is 9.96. The van der Waals surface area contributed by atoms with Crippen molar-refractivity contribution in [2.45, 2.75) is 25.0 Å². The highest BCUT2D eigenvalue weighted by atomic mass is 79.9. The number of anilines is 1. The van der Waals surface area contributed by atoms with Crippen LogP contribution >= 0.6 is 15.9 Å². The lowest BCUT2D eigenvalue weighted by molar-refractivity contribution is 0.0839. The fraction of sp³-hybridized carbons (Fsp3) is 0.250. The number of nitrogens with one attached hydrogen (secondary N) is 2. The van der Waals surface area contributed by atoms with Gasteiger partial charge in [0.15, 0.2) is 5.65 Å². The molecule has 0 radical (unpaired) electrons. The van der Waals surface area contributed by atoms with Crippen molar-refractivity contribution in [1.82, 2.24) is 19.9 Å². The van der Waals surface area contributed by atoms with E-state index < -0.39 is 11.6 Å². The maximum absolute atomic E-state index is 12.8. The number of benzene rings is 1. The van der Waals surface area contributed by atoms with E-state index in [-0.39, 0.29) is 5.91 Å². The zero-order valence-corrected chi connectivity index (χ0v) is 16.6. The Hall–Kier alpha value is -3.05. The molecule has 3 aromatic rings. The predicted octanol–water partition coefficient (Wildman–Crippen LogP) is 2.72. The predicted molar refractivity (Wildman–Crippen MR) is 107 cm³/mol. The molecule has 1 aromatic carbocycles. The first-order valence-corrected chi connectivity index (χ1v) is 9.62. The second kappa shape index (κ2) is 5.97. The highest BCUT2D eigenvalue weighted by Crippen LogP contribution is 2.42. The number of hydrogen-bond donors (Lipinski definition) is 2. The van der Waals surface area contributed by atoms with E-state index in [9.17, 15) is 4.79 Å². The van der Waals surface area contributed by atoms with Gasteiger partial charge in [-0.2, -0.15) is 5.10 Å². The van der Waals surface area contributed by atoms with Gasteiger partial charge in [-0.3, -0.25) is 4.79 Å². The van der Waals surface area contributed by atoms with Crippen LogP contribution in [-0.2, 0) is 6.42 Å². The Kier molecular flexibility index (Phi) is 3.64. The average Bonchev–Trinajstić information content (AvgIpc) is 3.23. The van der Waals surface area contributed by atoms with Crippen LogP contribution < -0.4 is 15.4 Å². The van der Waals surface area contributed by atoms with Crippen LogP contribution in [0.2, 0.25) is 0 Å². The van der Waals surface area contributed by atoms with Crippen LogP contribution in [0.15, 0.2) is 35.1 Å². The second-order valence-electron chi connectivity index (χ2n) is 7.28. The molecular formula is C20H16BrN5O2. The second-order valence-corrected chi connectivity index (χ2v) is 8.19. The Morgan fingerprint density at radius 3 is 3.14 bits per heavy atom. The lowest BCUT2D eigenvalue weighted by Gasteiger charge is -2.25. The van der Waals surface area contributed by atoms with Gasteiger partial charge in [0.25, 0.3) is 5.91 Å². The first-order valence-electron chi connectivity index (χ1n) is 8.82. The summed E-state index contributed by atoms with van der Waals surface area (Å²) in [6, 6.07) is 5.32. The minimum atomic E-state index is -0.570. The number of carbonyl (C=O) groups is 1. The summed E-state index contributed by atoms with van der Waals surface area (Å²) in [6.07, 6.45) is 9.78. The lowest BCUT2D eigenvalue weighted by Crippen LogP contribution is -2.44. The molecule has 4 bridgehead atoms. The maximum Gasteiger partial charge on any atom is 0.256 e. The molecule has 5 rings (SSSR count). The van der Waals surface area contributed by atoms with E-state index in [2.05, 4.69) is 42.6 Å². The largest absolute Gasteiger partial charge is 0.485 e. The molecule has 4 heterocycles. The molecule has 140 valence electrons. The summed E-state index contributed by atoms with van der Waals surface area (Å²) in [4.78, 5) is 17.3. The van der Waals surface area contributed by atoms with Crippen molar-refractivity contribution in [3.05, 3.63) is 51.8 Å². The van der Waals surface area contributed by atoms with E-state index in [1.165, 1.54) is 6.20 Å². The van der Waals surface area contributed by atoms with Gasteiger partial charge in [0.2, 0.25) is 0 Å². The van der Waals surface area contributed by atoms with Gasteiger partial charge in [-0.05, 0) is 30.7 Å². The summed E-state index contributed by atoms with van der Waals surface area (Å²) in [6.45, 7) is 2.33. The van der Waals surface area contributed by atoms with Crippen molar-refractivity contribution in [2.75, 3.05) is 11.9 Å². The summed E-state index contributed by atoms with van der Waals surface area (Å²) < 4.78 is 8.82. The van der Waals surface area contributed by atoms with E-state index in [1.807, 2.05) is 19.1 Å². The Bertz CT molecular complexity index is 1180. The smallest absolute Gasteiger partial charge is 0.256 e. The molecule has 2 atom stereocenters. The van der Waals surface area contributed by atoms with E-state index >= 15 is 0 Å². The van der Waals surface area contributed by atoms with Crippen LogP contribution in [0.5, 0.6) is 5.75 Å². The Labute approximate surface area is 169 Å². The number of aromatic nitrogens is 3. The number of ether oxygens (including phenoxy) is 1. The molecule has 2 aromatic heterocycles. The van der Waals surface area contributed by atoms with Crippen molar-refractivity contribution < 1.29 is 9.53 Å².